The standard InChI is InChI=1S/C21H25N3O/c1-16-7-3-4-8-18(16)14-24(2)15-21(25)22-12-11-17-13-23-20-10-6-5-9-19(17)20/h3-10,13,23H,11-12,14-15H2,1-2H3,(H,22,25). The number of hydrogen-bond acceptors (Lipinski definition) is 2. The fourth-order valence-corrected chi connectivity index (χ4v) is 3.11. The number of fused-ring (bicyclic) bond motifs is 1. The zero-order chi connectivity index (χ0) is 17.6. The minimum Gasteiger partial charge on any atom is -0.361 e. The van der Waals surface area contributed by atoms with Crippen LogP contribution in [0, 0.1) is 6.92 Å². The van der Waals surface area contributed by atoms with Crippen molar-refractivity contribution in [3.8, 4) is 0 Å². The van der Waals surface area contributed by atoms with Crippen LogP contribution in [0.5, 0.6) is 0 Å². The first kappa shape index (κ1) is 17.2. The van der Waals surface area contributed by atoms with Gasteiger partial charge in [-0.15, -0.1) is 0 Å². The second kappa shape index (κ2) is 7.99. The highest BCUT2D eigenvalue weighted by atomic mass is 16.2. The van der Waals surface area contributed by atoms with Crippen molar-refractivity contribution in [2.24, 2.45) is 0 Å². The van der Waals surface area contributed by atoms with Gasteiger partial charge >= 0.3 is 0 Å². The topological polar surface area (TPSA) is 48.1 Å². The van der Waals surface area contributed by atoms with Gasteiger partial charge in [-0.3, -0.25) is 9.69 Å². The molecule has 25 heavy (non-hydrogen) atoms. The summed E-state index contributed by atoms with van der Waals surface area (Å²) in [7, 11) is 1.98. The lowest BCUT2D eigenvalue weighted by Crippen LogP contribution is -2.35. The first-order valence-electron chi connectivity index (χ1n) is 8.68. The third kappa shape index (κ3) is 4.48. The van der Waals surface area contributed by atoms with Gasteiger partial charge in [0, 0.05) is 30.2 Å². The third-order valence-corrected chi connectivity index (χ3v) is 4.51. The summed E-state index contributed by atoms with van der Waals surface area (Å²) < 4.78 is 0. The van der Waals surface area contributed by atoms with Crippen LogP contribution >= 0.6 is 0 Å². The number of benzene rings is 2. The number of amides is 1. The summed E-state index contributed by atoms with van der Waals surface area (Å²) >= 11 is 0. The van der Waals surface area contributed by atoms with Crippen molar-refractivity contribution in [2.75, 3.05) is 20.1 Å². The Hall–Kier alpha value is -2.59. The van der Waals surface area contributed by atoms with E-state index in [0.717, 1.165) is 18.5 Å². The average molecular weight is 335 g/mol. The highest BCUT2D eigenvalue weighted by Crippen LogP contribution is 2.17. The first-order valence-corrected chi connectivity index (χ1v) is 8.68. The summed E-state index contributed by atoms with van der Waals surface area (Å²) in [5.74, 6) is 0.0657. The van der Waals surface area contributed by atoms with Gasteiger partial charge < -0.3 is 10.3 Å². The number of nitrogens with one attached hydrogen (secondary N) is 2. The van der Waals surface area contributed by atoms with E-state index in [4.69, 9.17) is 0 Å². The SMILES string of the molecule is Cc1ccccc1CN(C)CC(=O)NCCc1c[nH]c2ccccc12. The number of likely N-dealkylation sites (N-methyl/N-ethyl adjacent to an activating group) is 1. The number of carbonyl (C=O) groups excluding carboxylic acids is 1. The predicted octanol–water partition coefficient (Wildman–Crippen LogP) is 3.27. The van der Waals surface area contributed by atoms with Crippen molar-refractivity contribution in [1.29, 1.82) is 0 Å². The second-order valence-corrected chi connectivity index (χ2v) is 6.56. The summed E-state index contributed by atoms with van der Waals surface area (Å²) in [5.41, 5.74) is 4.90. The molecule has 1 amide bonds. The second-order valence-electron chi connectivity index (χ2n) is 6.56. The molecule has 1 aromatic heterocycles. The van der Waals surface area contributed by atoms with Crippen LogP contribution in [0.15, 0.2) is 54.7 Å². The molecule has 4 nitrogen and oxygen atoms in total. The van der Waals surface area contributed by atoms with Gasteiger partial charge in [-0.1, -0.05) is 42.5 Å². The van der Waals surface area contributed by atoms with Gasteiger partial charge in [-0.05, 0) is 43.1 Å². The molecule has 3 aromatic rings. The number of para-hydroxylation sites is 1. The summed E-state index contributed by atoms with van der Waals surface area (Å²) in [6.07, 6.45) is 2.86. The largest absolute Gasteiger partial charge is 0.361 e. The molecule has 4 heteroatoms. The maximum absolute atomic E-state index is 12.2. The van der Waals surface area contributed by atoms with Crippen molar-refractivity contribution in [3.05, 3.63) is 71.4 Å². The predicted molar refractivity (Wildman–Crippen MR) is 103 cm³/mol. The van der Waals surface area contributed by atoms with Crippen LogP contribution in [0.4, 0.5) is 0 Å². The number of nitrogens with zero attached hydrogens (tertiary/aromatic N) is 1. The van der Waals surface area contributed by atoms with E-state index in [0.29, 0.717) is 13.1 Å². The van der Waals surface area contributed by atoms with Crippen LogP contribution in [0.1, 0.15) is 16.7 Å². The summed E-state index contributed by atoms with van der Waals surface area (Å²) in [4.78, 5) is 17.5. The summed E-state index contributed by atoms with van der Waals surface area (Å²) in [6.45, 7) is 3.94. The molecule has 0 atom stereocenters. The van der Waals surface area contributed by atoms with Crippen molar-refractivity contribution < 1.29 is 4.79 Å². The fraction of sp³-hybridized carbons (Fsp3) is 0.286. The molecule has 0 radical (unpaired) electrons. The average Bonchev–Trinajstić information content (AvgIpc) is 3.00. The number of aromatic amines is 1. The van der Waals surface area contributed by atoms with Crippen LogP contribution in [0.25, 0.3) is 10.9 Å². The van der Waals surface area contributed by atoms with E-state index in [1.54, 1.807) is 0 Å². The lowest BCUT2D eigenvalue weighted by molar-refractivity contribution is -0.122. The van der Waals surface area contributed by atoms with Gasteiger partial charge in [0.05, 0.1) is 6.54 Å². The van der Waals surface area contributed by atoms with Gasteiger partial charge in [0.2, 0.25) is 5.91 Å². The van der Waals surface area contributed by atoms with Crippen molar-refractivity contribution in [1.82, 2.24) is 15.2 Å². The molecule has 1 heterocycles. The zero-order valence-corrected chi connectivity index (χ0v) is 14.9. The Morgan fingerprint density at radius 2 is 1.84 bits per heavy atom. The smallest absolute Gasteiger partial charge is 0.234 e. The Bertz CT molecular complexity index is 853. The first-order chi connectivity index (χ1) is 12.1. The van der Waals surface area contributed by atoms with E-state index in [-0.39, 0.29) is 5.91 Å². The van der Waals surface area contributed by atoms with E-state index in [9.17, 15) is 4.79 Å². The minimum atomic E-state index is 0.0657. The molecule has 0 bridgehead atoms. The molecule has 2 aromatic carbocycles. The zero-order valence-electron chi connectivity index (χ0n) is 14.9. The van der Waals surface area contributed by atoms with Crippen LogP contribution in [-0.2, 0) is 17.8 Å². The molecule has 0 aliphatic heterocycles. The maximum atomic E-state index is 12.2. The Labute approximate surface area is 148 Å². The molecule has 3 rings (SSSR count). The Balaban J connectivity index is 1.46. The van der Waals surface area contributed by atoms with Crippen LogP contribution in [0.2, 0.25) is 0 Å². The van der Waals surface area contributed by atoms with Crippen LogP contribution < -0.4 is 5.32 Å². The molecule has 0 fully saturated rings. The van der Waals surface area contributed by atoms with Gasteiger partial charge in [-0.25, -0.2) is 0 Å². The number of aryl methyl sites for hydroxylation is 1. The highest BCUT2D eigenvalue weighted by Gasteiger charge is 2.09. The van der Waals surface area contributed by atoms with E-state index >= 15 is 0 Å². The van der Waals surface area contributed by atoms with Crippen LogP contribution in [-0.4, -0.2) is 35.9 Å². The molecule has 130 valence electrons. The molecule has 0 unspecified atom stereocenters. The van der Waals surface area contributed by atoms with Gasteiger partial charge in [-0.2, -0.15) is 0 Å². The molecule has 2 N–H and O–H groups in total. The van der Waals surface area contributed by atoms with E-state index < -0.39 is 0 Å². The quantitative estimate of drug-likeness (QED) is 0.696. The summed E-state index contributed by atoms with van der Waals surface area (Å²) in [5, 5.41) is 4.25. The van der Waals surface area contributed by atoms with Crippen LogP contribution in [0.3, 0.4) is 0 Å². The number of hydrogen-bond donors (Lipinski definition) is 2. The normalized spacial score (nSPS) is 11.2. The lowest BCUT2D eigenvalue weighted by atomic mass is 10.1. The van der Waals surface area contributed by atoms with Gasteiger partial charge in [0.25, 0.3) is 0 Å². The van der Waals surface area contributed by atoms with E-state index in [2.05, 4.69) is 41.5 Å². The highest BCUT2D eigenvalue weighted by molar-refractivity contribution is 5.83. The maximum Gasteiger partial charge on any atom is 0.234 e. The lowest BCUT2D eigenvalue weighted by Gasteiger charge is -2.17. The number of aromatic nitrogens is 1. The molecular formula is C21H25N3O. The molecule has 0 spiro atoms. The Morgan fingerprint density at radius 1 is 1.08 bits per heavy atom. The molecule has 0 aliphatic carbocycles. The van der Waals surface area contributed by atoms with E-state index in [1.165, 1.54) is 22.1 Å². The monoisotopic (exact) mass is 335 g/mol. The van der Waals surface area contributed by atoms with Gasteiger partial charge in [0.1, 0.15) is 0 Å². The van der Waals surface area contributed by atoms with Crippen molar-refractivity contribution in [2.45, 2.75) is 19.9 Å². The fourth-order valence-electron chi connectivity index (χ4n) is 3.11. The number of rotatable bonds is 7. The number of H-pyrrole nitrogens is 1. The minimum absolute atomic E-state index is 0.0657. The number of carbonyl (C=O) groups is 1. The molecule has 0 aliphatic rings. The van der Waals surface area contributed by atoms with Crippen molar-refractivity contribution >= 4 is 16.8 Å². The Kier molecular flexibility index (Phi) is 5.51. The van der Waals surface area contributed by atoms with Crippen molar-refractivity contribution in [3.63, 3.8) is 0 Å². The molecule has 0 saturated carbocycles. The van der Waals surface area contributed by atoms with Gasteiger partial charge in [0.15, 0.2) is 0 Å². The molecule has 0 saturated heterocycles. The summed E-state index contributed by atoms with van der Waals surface area (Å²) in [6, 6.07) is 16.5. The Morgan fingerprint density at radius 3 is 2.68 bits per heavy atom. The molecular weight excluding hydrogens is 310 g/mol. The van der Waals surface area contributed by atoms with E-state index in [1.807, 2.05) is 42.4 Å². The third-order valence-electron chi connectivity index (χ3n) is 4.51.